The third-order valence-electron chi connectivity index (χ3n) is 8.17. The van der Waals surface area contributed by atoms with Crippen molar-refractivity contribution < 1.29 is 4.39 Å². The maximum Gasteiger partial charge on any atom is 0.165 e. The van der Waals surface area contributed by atoms with Gasteiger partial charge in [0.05, 0.1) is 11.3 Å². The minimum atomic E-state index is -0.777. The highest BCUT2D eigenvalue weighted by molar-refractivity contribution is 5.84. The van der Waals surface area contributed by atoms with Crippen LogP contribution in [0.5, 0.6) is 0 Å². The number of nitrogen functional groups attached to an aromatic ring is 1. The van der Waals surface area contributed by atoms with Crippen LogP contribution in [0.15, 0.2) is 79.0 Å². The van der Waals surface area contributed by atoms with E-state index in [4.69, 9.17) is 21.4 Å². The second-order valence-corrected chi connectivity index (χ2v) is 10.7. The number of rotatable bonds is 5. The van der Waals surface area contributed by atoms with Gasteiger partial charge in [-0.1, -0.05) is 24.3 Å². The molecule has 2 aliphatic rings. The van der Waals surface area contributed by atoms with Gasteiger partial charge in [-0.25, -0.2) is 19.3 Å². The van der Waals surface area contributed by atoms with Crippen LogP contribution in [0.4, 0.5) is 15.9 Å². The lowest BCUT2D eigenvalue weighted by atomic mass is 9.73. The summed E-state index contributed by atoms with van der Waals surface area (Å²) in [4.78, 5) is 16.4. The lowest BCUT2D eigenvalue weighted by Crippen LogP contribution is -2.43. The molecule has 1 aliphatic heterocycles. The minimum Gasteiger partial charge on any atom is -0.383 e. The van der Waals surface area contributed by atoms with Crippen LogP contribution in [-0.4, -0.2) is 38.8 Å². The summed E-state index contributed by atoms with van der Waals surface area (Å²) in [5, 5.41) is 0. The number of fused-ring (bicyclic) bond motifs is 1. The molecule has 0 radical (unpaired) electrons. The largest absolute Gasteiger partial charge is 0.383 e. The number of benzene rings is 2. The Hall–Kier alpha value is -4.30. The third-order valence-corrected chi connectivity index (χ3v) is 8.17. The van der Waals surface area contributed by atoms with Gasteiger partial charge in [-0.3, -0.25) is 4.57 Å². The summed E-state index contributed by atoms with van der Waals surface area (Å²) in [5.41, 5.74) is 19.7. The van der Waals surface area contributed by atoms with Gasteiger partial charge in [-0.15, -0.1) is 0 Å². The van der Waals surface area contributed by atoms with Crippen LogP contribution in [0.2, 0.25) is 0 Å². The van der Waals surface area contributed by atoms with Crippen LogP contribution in [-0.2, 0) is 5.54 Å². The van der Waals surface area contributed by atoms with Crippen molar-refractivity contribution >= 4 is 22.7 Å². The fourth-order valence-electron chi connectivity index (χ4n) is 5.75. The summed E-state index contributed by atoms with van der Waals surface area (Å²) in [7, 11) is 0. The van der Waals surface area contributed by atoms with E-state index in [1.54, 1.807) is 6.20 Å². The van der Waals surface area contributed by atoms with Gasteiger partial charge in [0.15, 0.2) is 11.5 Å². The van der Waals surface area contributed by atoms with Crippen molar-refractivity contribution in [2.24, 2.45) is 5.73 Å². The molecule has 8 heteroatoms. The zero-order valence-corrected chi connectivity index (χ0v) is 21.6. The van der Waals surface area contributed by atoms with E-state index < -0.39 is 6.17 Å². The Labute approximate surface area is 226 Å². The van der Waals surface area contributed by atoms with Crippen LogP contribution in [0.25, 0.3) is 39.5 Å². The maximum atomic E-state index is 13.9. The molecule has 0 amide bonds. The molecule has 5 aromatic rings. The predicted octanol–water partition coefficient (Wildman–Crippen LogP) is 5.62. The molecule has 0 unspecified atom stereocenters. The molecular weight excluding hydrogens is 489 g/mol. The van der Waals surface area contributed by atoms with E-state index in [1.165, 1.54) is 0 Å². The number of nitrogens with zero attached hydrogens (tertiary/aromatic N) is 5. The van der Waals surface area contributed by atoms with Gasteiger partial charge in [0.25, 0.3) is 0 Å². The van der Waals surface area contributed by atoms with Crippen LogP contribution >= 0.6 is 0 Å². The third kappa shape index (κ3) is 4.12. The van der Waals surface area contributed by atoms with Crippen molar-refractivity contribution in [3.05, 3.63) is 84.6 Å². The highest BCUT2D eigenvalue weighted by Gasteiger charge is 2.34. The van der Waals surface area contributed by atoms with Gasteiger partial charge in [-0.2, -0.15) is 0 Å². The van der Waals surface area contributed by atoms with Crippen molar-refractivity contribution in [2.45, 2.75) is 37.4 Å². The quantitative estimate of drug-likeness (QED) is 0.313. The summed E-state index contributed by atoms with van der Waals surface area (Å²) in [6.45, 7) is 1.15. The highest BCUT2D eigenvalue weighted by atomic mass is 19.1. The molecule has 0 spiro atoms. The molecule has 4 heterocycles. The van der Waals surface area contributed by atoms with Crippen molar-refractivity contribution in [3.8, 4) is 28.3 Å². The molecule has 1 saturated carbocycles. The lowest BCUT2D eigenvalue weighted by Gasteiger charge is -2.38. The summed E-state index contributed by atoms with van der Waals surface area (Å²) in [5.74, 6) is 1.09. The number of pyridine rings is 2. The maximum absolute atomic E-state index is 13.9. The van der Waals surface area contributed by atoms with Crippen LogP contribution in [0.1, 0.15) is 31.2 Å². The van der Waals surface area contributed by atoms with E-state index in [9.17, 15) is 4.39 Å². The number of imidazole rings is 1. The number of hydrogen-bond acceptors (Lipinski definition) is 6. The van der Waals surface area contributed by atoms with Crippen LogP contribution < -0.4 is 16.4 Å². The lowest BCUT2D eigenvalue weighted by molar-refractivity contribution is 0.253. The summed E-state index contributed by atoms with van der Waals surface area (Å²) in [6, 6.07) is 24.3. The number of hydrogen-bond donors (Lipinski definition) is 2. The van der Waals surface area contributed by atoms with E-state index in [1.807, 2.05) is 47.0 Å². The van der Waals surface area contributed by atoms with Crippen LogP contribution in [0, 0.1) is 0 Å². The van der Waals surface area contributed by atoms with E-state index in [0.717, 1.165) is 70.7 Å². The number of alkyl halides is 1. The molecule has 196 valence electrons. The first kappa shape index (κ1) is 23.8. The summed E-state index contributed by atoms with van der Waals surface area (Å²) < 4.78 is 15.9. The average molecular weight is 520 g/mol. The molecule has 2 fully saturated rings. The number of aromatic nitrogens is 4. The predicted molar refractivity (Wildman–Crippen MR) is 153 cm³/mol. The Bertz CT molecular complexity index is 1670. The molecule has 39 heavy (non-hydrogen) atoms. The topological polar surface area (TPSA) is 98.9 Å². The van der Waals surface area contributed by atoms with Crippen molar-refractivity contribution in [3.63, 3.8) is 0 Å². The molecule has 7 rings (SSSR count). The molecule has 1 aliphatic carbocycles. The fraction of sp³-hybridized carbons (Fsp3) is 0.258. The summed E-state index contributed by atoms with van der Waals surface area (Å²) in [6.07, 6.45) is 4.64. The Balaban J connectivity index is 1.36. The molecule has 1 atom stereocenters. The zero-order valence-electron chi connectivity index (χ0n) is 21.6. The first-order chi connectivity index (χ1) is 19.0. The average Bonchev–Trinajstić information content (AvgIpc) is 3.55. The minimum absolute atomic E-state index is 0.236. The fourth-order valence-corrected chi connectivity index (χ4v) is 5.75. The Kier molecular flexibility index (Phi) is 5.59. The number of anilines is 2. The molecule has 3 aromatic heterocycles. The Morgan fingerprint density at radius 3 is 2.49 bits per heavy atom. The highest BCUT2D eigenvalue weighted by Crippen LogP contribution is 2.39. The molecule has 1 saturated heterocycles. The Morgan fingerprint density at radius 2 is 1.77 bits per heavy atom. The van der Waals surface area contributed by atoms with Crippen molar-refractivity contribution in [1.29, 1.82) is 0 Å². The number of nitrogens with two attached hydrogens (primary N) is 2. The normalized spacial score (nSPS) is 18.4. The molecule has 0 bridgehead atoms. The summed E-state index contributed by atoms with van der Waals surface area (Å²) >= 11 is 0. The van der Waals surface area contributed by atoms with Crippen molar-refractivity contribution in [1.82, 2.24) is 19.5 Å². The smallest absolute Gasteiger partial charge is 0.165 e. The molecular formula is C31H30FN7. The molecule has 2 aromatic carbocycles. The standard InChI is InChI=1S/C31H30FN7/c32-22-13-17-38(19-22)24-5-1-4-20(18-24)26-11-12-27-30(36-26)39(29(37-27)25-6-2-16-35-28(25)33)23-9-7-21(8-10-23)31(34)14-3-15-31/h1-2,4-12,16,18,22H,3,13-15,17,19,34H2,(H2,33,35)/t22-/m1/s1. The SMILES string of the molecule is Nc1ncccc1-c1nc2ccc(-c3cccc(N4CC[C@@H](F)C4)c3)nc2n1-c1ccc(C2(N)CCC2)cc1. The number of halogens is 1. The molecule has 4 N–H and O–H groups in total. The monoisotopic (exact) mass is 519 g/mol. The van der Waals surface area contributed by atoms with E-state index in [2.05, 4.69) is 40.2 Å². The Morgan fingerprint density at radius 1 is 0.923 bits per heavy atom. The zero-order chi connectivity index (χ0) is 26.6. The van der Waals surface area contributed by atoms with E-state index >= 15 is 0 Å². The second kappa shape index (κ2) is 9.17. The van der Waals surface area contributed by atoms with Gasteiger partial charge in [0, 0.05) is 41.8 Å². The van der Waals surface area contributed by atoms with Gasteiger partial charge in [-0.05, 0) is 79.8 Å². The van der Waals surface area contributed by atoms with Gasteiger partial charge in [0.2, 0.25) is 0 Å². The second-order valence-electron chi connectivity index (χ2n) is 10.7. The van der Waals surface area contributed by atoms with Gasteiger partial charge >= 0.3 is 0 Å². The van der Waals surface area contributed by atoms with Gasteiger partial charge < -0.3 is 16.4 Å². The molecule has 7 nitrogen and oxygen atoms in total. The van der Waals surface area contributed by atoms with E-state index in [-0.39, 0.29) is 5.54 Å². The van der Waals surface area contributed by atoms with Crippen LogP contribution in [0.3, 0.4) is 0 Å². The van der Waals surface area contributed by atoms with Crippen molar-refractivity contribution in [2.75, 3.05) is 23.7 Å². The van der Waals surface area contributed by atoms with E-state index in [0.29, 0.717) is 24.6 Å². The van der Waals surface area contributed by atoms with Gasteiger partial charge in [0.1, 0.15) is 17.5 Å². The first-order valence-electron chi connectivity index (χ1n) is 13.5. The first-order valence-corrected chi connectivity index (χ1v) is 13.5.